The highest BCUT2D eigenvalue weighted by Gasteiger charge is 2.70. The predicted molar refractivity (Wildman–Crippen MR) is 122 cm³/mol. The first-order valence-electron chi connectivity index (χ1n) is 11.0. The van der Waals surface area contributed by atoms with Crippen LogP contribution in [0.3, 0.4) is 0 Å². The van der Waals surface area contributed by atoms with E-state index in [1.807, 2.05) is 58.0 Å². The number of hydrogen-bond acceptors (Lipinski definition) is 4. The molecule has 1 spiro atoms. The van der Waals surface area contributed by atoms with Crippen molar-refractivity contribution in [2.75, 3.05) is 5.32 Å². The van der Waals surface area contributed by atoms with Gasteiger partial charge in [-0.2, -0.15) is 0 Å². The van der Waals surface area contributed by atoms with Crippen LogP contribution in [0.25, 0.3) is 0 Å². The number of amides is 3. The molecule has 2 saturated heterocycles. The maximum atomic E-state index is 13.8. The number of rotatable bonds is 3. The maximum Gasteiger partial charge on any atom is 0.250 e. The minimum absolute atomic E-state index is 0.0577. The van der Waals surface area contributed by atoms with Crippen LogP contribution in [0, 0.1) is 31.6 Å². The number of halogens is 1. The van der Waals surface area contributed by atoms with E-state index < -0.39 is 17.4 Å². The van der Waals surface area contributed by atoms with Gasteiger partial charge in [-0.25, -0.2) is 0 Å². The lowest BCUT2D eigenvalue weighted by atomic mass is 9.75. The summed E-state index contributed by atoms with van der Waals surface area (Å²) in [6, 6.07) is 10.8. The van der Waals surface area contributed by atoms with Gasteiger partial charge in [0.1, 0.15) is 5.54 Å². The molecule has 4 atom stereocenters. The number of carbonyl (C=O) groups is 3. The Hall–Kier alpha value is -2.70. The van der Waals surface area contributed by atoms with Crippen LogP contribution >= 0.6 is 11.6 Å². The van der Waals surface area contributed by atoms with E-state index in [-0.39, 0.29) is 36.2 Å². The van der Waals surface area contributed by atoms with Gasteiger partial charge in [-0.15, -0.1) is 0 Å². The van der Waals surface area contributed by atoms with Crippen molar-refractivity contribution in [1.82, 2.24) is 10.2 Å². The second kappa shape index (κ2) is 7.15. The lowest BCUT2D eigenvalue weighted by Crippen LogP contribution is -2.53. The van der Waals surface area contributed by atoms with Crippen LogP contribution in [0.1, 0.15) is 36.1 Å². The number of carbonyl (C=O) groups excluding carboxylic acids is 3. The Morgan fingerprint density at radius 2 is 1.78 bits per heavy atom. The highest BCUT2D eigenvalue weighted by atomic mass is 35.5. The smallest absolute Gasteiger partial charge is 0.250 e. The van der Waals surface area contributed by atoms with Crippen molar-refractivity contribution in [2.24, 2.45) is 17.8 Å². The zero-order valence-corrected chi connectivity index (χ0v) is 19.3. The molecule has 0 radical (unpaired) electrons. The molecule has 3 heterocycles. The quantitative estimate of drug-likeness (QED) is 0.700. The summed E-state index contributed by atoms with van der Waals surface area (Å²) >= 11 is 6.32. The number of aryl methyl sites for hydroxylation is 1. The van der Waals surface area contributed by atoms with Gasteiger partial charge in [0.15, 0.2) is 0 Å². The largest absolute Gasteiger partial charge is 0.324 e. The average molecular weight is 452 g/mol. The van der Waals surface area contributed by atoms with Crippen molar-refractivity contribution in [3.8, 4) is 0 Å². The summed E-state index contributed by atoms with van der Waals surface area (Å²) in [7, 11) is 0. The molecule has 3 aliphatic heterocycles. The second-order valence-electron chi connectivity index (χ2n) is 9.46. The van der Waals surface area contributed by atoms with E-state index in [0.29, 0.717) is 10.6 Å². The topological polar surface area (TPSA) is 78.5 Å². The normalized spacial score (nSPS) is 28.6. The van der Waals surface area contributed by atoms with E-state index in [1.165, 1.54) is 4.90 Å². The number of benzene rings is 2. The molecule has 32 heavy (non-hydrogen) atoms. The Labute approximate surface area is 192 Å². The first-order chi connectivity index (χ1) is 15.2. The Morgan fingerprint density at radius 1 is 1.06 bits per heavy atom. The highest BCUT2D eigenvalue weighted by Crippen LogP contribution is 2.54. The molecular formula is C25H26ClN3O3. The van der Waals surface area contributed by atoms with Gasteiger partial charge in [0.2, 0.25) is 17.7 Å². The fourth-order valence-corrected chi connectivity index (χ4v) is 5.83. The molecule has 3 aliphatic rings. The summed E-state index contributed by atoms with van der Waals surface area (Å²) < 4.78 is 0. The van der Waals surface area contributed by atoms with Crippen molar-refractivity contribution in [2.45, 2.75) is 45.8 Å². The number of nitrogens with zero attached hydrogens (tertiary/aromatic N) is 1. The van der Waals surface area contributed by atoms with Crippen LogP contribution in [0.2, 0.25) is 5.02 Å². The summed E-state index contributed by atoms with van der Waals surface area (Å²) in [6.45, 7) is 8.08. The average Bonchev–Trinajstić information content (AvgIpc) is 3.34. The molecule has 0 unspecified atom stereocenters. The predicted octanol–water partition coefficient (Wildman–Crippen LogP) is 3.53. The van der Waals surface area contributed by atoms with Gasteiger partial charge >= 0.3 is 0 Å². The Bertz CT molecular complexity index is 1180. The summed E-state index contributed by atoms with van der Waals surface area (Å²) in [5.41, 5.74) is 2.99. The Morgan fingerprint density at radius 3 is 2.47 bits per heavy atom. The molecule has 2 fully saturated rings. The summed E-state index contributed by atoms with van der Waals surface area (Å²) in [5.74, 6) is -2.18. The summed E-state index contributed by atoms with van der Waals surface area (Å²) in [4.78, 5) is 42.2. The molecule has 0 aromatic heterocycles. The molecule has 5 rings (SSSR count). The third kappa shape index (κ3) is 2.66. The van der Waals surface area contributed by atoms with Crippen LogP contribution in [0.4, 0.5) is 5.69 Å². The molecule has 2 aromatic carbocycles. The van der Waals surface area contributed by atoms with Crippen LogP contribution < -0.4 is 10.6 Å². The van der Waals surface area contributed by atoms with Crippen molar-refractivity contribution in [1.29, 1.82) is 0 Å². The van der Waals surface area contributed by atoms with Gasteiger partial charge in [0.05, 0.1) is 18.4 Å². The second-order valence-corrected chi connectivity index (χ2v) is 9.87. The summed E-state index contributed by atoms with van der Waals surface area (Å²) in [5, 5.41) is 6.99. The first kappa shape index (κ1) is 21.2. The fourth-order valence-electron chi connectivity index (χ4n) is 5.64. The van der Waals surface area contributed by atoms with Crippen molar-refractivity contribution in [3.63, 3.8) is 0 Å². The maximum absolute atomic E-state index is 13.8. The number of fused-ring (bicyclic) bond motifs is 4. The molecule has 6 nitrogen and oxygen atoms in total. The number of anilines is 1. The van der Waals surface area contributed by atoms with E-state index in [1.54, 1.807) is 6.07 Å². The SMILES string of the molecule is Cc1ccc2c(c1C)NC(=O)[C@]21N[C@@H](C(C)C)[C@H]2C(=O)N(Cc3ccccc3Cl)C(=O)[C@H]21. The fraction of sp³-hybridized carbons (Fsp3) is 0.400. The summed E-state index contributed by atoms with van der Waals surface area (Å²) in [6.07, 6.45) is 0. The van der Waals surface area contributed by atoms with Gasteiger partial charge in [-0.1, -0.05) is 55.8 Å². The molecule has 0 saturated carbocycles. The van der Waals surface area contributed by atoms with Crippen molar-refractivity contribution in [3.05, 3.63) is 63.7 Å². The minimum atomic E-state index is -1.25. The molecule has 7 heteroatoms. The van der Waals surface area contributed by atoms with Gasteiger partial charge < -0.3 is 5.32 Å². The lowest BCUT2D eigenvalue weighted by Gasteiger charge is -2.30. The van der Waals surface area contributed by atoms with Crippen LogP contribution in [-0.4, -0.2) is 28.7 Å². The van der Waals surface area contributed by atoms with Crippen LogP contribution in [0.15, 0.2) is 36.4 Å². The van der Waals surface area contributed by atoms with E-state index in [9.17, 15) is 14.4 Å². The zero-order valence-electron chi connectivity index (χ0n) is 18.5. The minimum Gasteiger partial charge on any atom is -0.324 e. The third-order valence-electron chi connectivity index (χ3n) is 7.45. The molecule has 0 aliphatic carbocycles. The standard InChI is InChI=1S/C25H26ClN3O3/c1-12(2)20-18-19(23(31)29(22(18)30)11-15-7-5-6-8-17(15)26)25(28-20)16-10-9-13(3)14(4)21(16)27-24(25)32/h5-10,12,18-20,28H,11H2,1-4H3,(H,27,32)/t18-,19-,20-,25-/m0/s1. The Balaban J connectivity index is 1.64. The molecular weight excluding hydrogens is 426 g/mol. The molecule has 3 amide bonds. The molecule has 2 aromatic rings. The molecule has 0 bridgehead atoms. The van der Waals surface area contributed by atoms with Gasteiger partial charge in [0.25, 0.3) is 0 Å². The zero-order chi connectivity index (χ0) is 22.9. The monoisotopic (exact) mass is 451 g/mol. The molecule has 2 N–H and O–H groups in total. The third-order valence-corrected chi connectivity index (χ3v) is 7.82. The first-order valence-corrected chi connectivity index (χ1v) is 11.3. The number of nitrogens with one attached hydrogen (secondary N) is 2. The van der Waals surface area contributed by atoms with Crippen molar-refractivity contribution < 1.29 is 14.4 Å². The van der Waals surface area contributed by atoms with E-state index in [4.69, 9.17) is 11.6 Å². The van der Waals surface area contributed by atoms with E-state index in [2.05, 4.69) is 10.6 Å². The van der Waals surface area contributed by atoms with Crippen LogP contribution in [0.5, 0.6) is 0 Å². The van der Waals surface area contributed by atoms with E-state index >= 15 is 0 Å². The van der Waals surface area contributed by atoms with Gasteiger partial charge in [0, 0.05) is 22.3 Å². The highest BCUT2D eigenvalue weighted by molar-refractivity contribution is 6.31. The Kier molecular flexibility index (Phi) is 4.73. The van der Waals surface area contributed by atoms with E-state index in [0.717, 1.165) is 22.4 Å². The van der Waals surface area contributed by atoms with Crippen molar-refractivity contribution >= 4 is 35.0 Å². The lowest BCUT2D eigenvalue weighted by molar-refractivity contribution is -0.143. The van der Waals surface area contributed by atoms with Gasteiger partial charge in [-0.05, 0) is 42.5 Å². The number of imide groups is 1. The number of likely N-dealkylation sites (tertiary alicyclic amines) is 1. The van der Waals surface area contributed by atoms with Crippen LogP contribution in [-0.2, 0) is 26.5 Å². The van der Waals surface area contributed by atoms with Gasteiger partial charge in [-0.3, -0.25) is 24.6 Å². The molecule has 166 valence electrons. The number of hydrogen-bond donors (Lipinski definition) is 2.